The van der Waals surface area contributed by atoms with Crippen LogP contribution in [0.2, 0.25) is 0 Å². The Morgan fingerprint density at radius 2 is 1.95 bits per heavy atom. The summed E-state index contributed by atoms with van der Waals surface area (Å²) in [7, 11) is 5.72. The van der Waals surface area contributed by atoms with Gasteiger partial charge in [0, 0.05) is 25.4 Å². The van der Waals surface area contributed by atoms with Gasteiger partial charge in [-0.2, -0.15) is 0 Å². The number of pyridine rings is 1. The van der Waals surface area contributed by atoms with Crippen LogP contribution in [0.1, 0.15) is 27.6 Å². The Kier molecular flexibility index (Phi) is 4.75. The van der Waals surface area contributed by atoms with E-state index in [0.717, 1.165) is 17.2 Å². The van der Waals surface area contributed by atoms with Crippen molar-refractivity contribution in [1.82, 2.24) is 14.8 Å². The van der Waals surface area contributed by atoms with Crippen LogP contribution in [-0.4, -0.2) is 41.8 Å². The fourth-order valence-corrected chi connectivity index (χ4v) is 2.12. The van der Waals surface area contributed by atoms with Crippen molar-refractivity contribution in [2.24, 2.45) is 0 Å². The third-order valence-electron chi connectivity index (χ3n) is 3.08. The number of hydrogen-bond acceptors (Lipinski definition) is 4. The van der Waals surface area contributed by atoms with Gasteiger partial charge in [-0.1, -0.05) is 0 Å². The number of aromatic nitrogens is 1. The first-order chi connectivity index (χ1) is 9.95. The Morgan fingerprint density at radius 3 is 2.57 bits per heavy atom. The summed E-state index contributed by atoms with van der Waals surface area (Å²) in [5, 5.41) is 0. The zero-order valence-electron chi connectivity index (χ0n) is 13.0. The molecule has 0 radical (unpaired) electrons. The smallest absolute Gasteiger partial charge is 0.254 e. The number of furan rings is 1. The van der Waals surface area contributed by atoms with Crippen LogP contribution in [0.15, 0.2) is 34.9 Å². The van der Waals surface area contributed by atoms with Crippen molar-refractivity contribution in [1.29, 1.82) is 0 Å². The van der Waals surface area contributed by atoms with Crippen LogP contribution in [0.5, 0.6) is 0 Å². The number of amides is 1. The molecule has 1 amide bonds. The maximum Gasteiger partial charge on any atom is 0.254 e. The minimum absolute atomic E-state index is 0.0357. The minimum Gasteiger partial charge on any atom is -0.464 e. The second-order valence-corrected chi connectivity index (χ2v) is 5.45. The van der Waals surface area contributed by atoms with Crippen LogP contribution in [0, 0.1) is 6.92 Å². The molecule has 112 valence electrons. The first kappa shape index (κ1) is 15.3. The summed E-state index contributed by atoms with van der Waals surface area (Å²) < 4.78 is 5.50. The fraction of sp³-hybridized carbons (Fsp3) is 0.375. The summed E-state index contributed by atoms with van der Waals surface area (Å²) >= 11 is 0. The molecule has 0 N–H and O–H groups in total. The lowest BCUT2D eigenvalue weighted by Crippen LogP contribution is -2.26. The topological polar surface area (TPSA) is 49.6 Å². The average molecular weight is 287 g/mol. The van der Waals surface area contributed by atoms with Gasteiger partial charge in [-0.05, 0) is 45.3 Å². The van der Waals surface area contributed by atoms with Crippen molar-refractivity contribution in [2.45, 2.75) is 20.0 Å². The zero-order chi connectivity index (χ0) is 15.4. The zero-order valence-corrected chi connectivity index (χ0v) is 13.0. The van der Waals surface area contributed by atoms with Crippen LogP contribution in [0.3, 0.4) is 0 Å². The van der Waals surface area contributed by atoms with Crippen LogP contribution in [-0.2, 0) is 13.1 Å². The Morgan fingerprint density at radius 1 is 1.19 bits per heavy atom. The molecule has 0 fully saturated rings. The minimum atomic E-state index is -0.0357. The first-order valence-corrected chi connectivity index (χ1v) is 6.86. The molecule has 2 heterocycles. The third kappa shape index (κ3) is 4.16. The maximum absolute atomic E-state index is 12.4. The van der Waals surface area contributed by atoms with E-state index >= 15 is 0 Å². The molecule has 0 atom stereocenters. The highest BCUT2D eigenvalue weighted by Gasteiger charge is 2.14. The number of carbonyl (C=O) groups is 1. The Balaban J connectivity index is 2.08. The van der Waals surface area contributed by atoms with Gasteiger partial charge < -0.3 is 14.2 Å². The number of aryl methyl sites for hydroxylation is 1. The van der Waals surface area contributed by atoms with Gasteiger partial charge in [0.1, 0.15) is 11.5 Å². The standard InChI is InChI=1S/C16H21N3O2/c1-12-5-6-15(21-12)11-19(4)16(20)13-7-8-17-14(9-13)10-18(2)3/h5-9H,10-11H2,1-4H3. The van der Waals surface area contributed by atoms with E-state index in [4.69, 9.17) is 4.42 Å². The van der Waals surface area contributed by atoms with Crippen LogP contribution in [0.25, 0.3) is 0 Å². The van der Waals surface area contributed by atoms with Gasteiger partial charge in [0.15, 0.2) is 0 Å². The fourth-order valence-electron chi connectivity index (χ4n) is 2.12. The van der Waals surface area contributed by atoms with Crippen molar-refractivity contribution in [3.63, 3.8) is 0 Å². The second-order valence-electron chi connectivity index (χ2n) is 5.45. The molecule has 5 heteroatoms. The molecule has 2 aromatic heterocycles. The van der Waals surface area contributed by atoms with E-state index in [0.29, 0.717) is 18.7 Å². The number of rotatable bonds is 5. The van der Waals surface area contributed by atoms with Crippen molar-refractivity contribution in [3.8, 4) is 0 Å². The highest BCUT2D eigenvalue weighted by Crippen LogP contribution is 2.12. The summed E-state index contributed by atoms with van der Waals surface area (Å²) in [5.41, 5.74) is 1.53. The van der Waals surface area contributed by atoms with Crippen LogP contribution >= 0.6 is 0 Å². The molecule has 21 heavy (non-hydrogen) atoms. The monoisotopic (exact) mass is 287 g/mol. The number of carbonyl (C=O) groups excluding carboxylic acids is 1. The van der Waals surface area contributed by atoms with E-state index in [9.17, 15) is 4.79 Å². The van der Waals surface area contributed by atoms with Crippen LogP contribution in [0.4, 0.5) is 0 Å². The third-order valence-corrected chi connectivity index (χ3v) is 3.08. The molecule has 0 saturated carbocycles. The van der Waals surface area contributed by atoms with E-state index in [1.807, 2.05) is 44.1 Å². The van der Waals surface area contributed by atoms with Crippen molar-refractivity contribution >= 4 is 5.91 Å². The lowest BCUT2D eigenvalue weighted by molar-refractivity contribution is 0.0774. The molecule has 0 saturated heterocycles. The van der Waals surface area contributed by atoms with Gasteiger partial charge in [-0.3, -0.25) is 9.78 Å². The van der Waals surface area contributed by atoms with Gasteiger partial charge in [0.25, 0.3) is 5.91 Å². The van der Waals surface area contributed by atoms with E-state index < -0.39 is 0 Å². The predicted molar refractivity (Wildman–Crippen MR) is 80.9 cm³/mol. The molecule has 0 aliphatic heterocycles. The molecular weight excluding hydrogens is 266 g/mol. The van der Waals surface area contributed by atoms with Gasteiger partial charge >= 0.3 is 0 Å². The normalized spacial score (nSPS) is 10.9. The molecule has 0 aliphatic carbocycles. The molecule has 5 nitrogen and oxygen atoms in total. The van der Waals surface area contributed by atoms with E-state index in [1.165, 1.54) is 0 Å². The van der Waals surface area contributed by atoms with E-state index in [-0.39, 0.29) is 5.91 Å². The van der Waals surface area contributed by atoms with Crippen molar-refractivity contribution in [2.75, 3.05) is 21.1 Å². The lowest BCUT2D eigenvalue weighted by Gasteiger charge is -2.16. The Hall–Kier alpha value is -2.14. The van der Waals surface area contributed by atoms with Gasteiger partial charge in [-0.25, -0.2) is 0 Å². The van der Waals surface area contributed by atoms with Crippen molar-refractivity contribution < 1.29 is 9.21 Å². The van der Waals surface area contributed by atoms with E-state index in [1.54, 1.807) is 24.2 Å². The first-order valence-electron chi connectivity index (χ1n) is 6.86. The van der Waals surface area contributed by atoms with Crippen LogP contribution < -0.4 is 0 Å². The van der Waals surface area contributed by atoms with Gasteiger partial charge in [0.05, 0.1) is 12.2 Å². The number of hydrogen-bond donors (Lipinski definition) is 0. The molecule has 0 aliphatic rings. The second kappa shape index (κ2) is 6.54. The molecule has 0 bridgehead atoms. The molecule has 0 unspecified atom stereocenters. The number of nitrogens with zero attached hydrogens (tertiary/aromatic N) is 3. The quantitative estimate of drug-likeness (QED) is 0.847. The molecule has 2 aromatic rings. The van der Waals surface area contributed by atoms with Crippen molar-refractivity contribution in [3.05, 3.63) is 53.2 Å². The SMILES string of the molecule is Cc1ccc(CN(C)C(=O)c2ccnc(CN(C)C)c2)o1. The molecule has 2 rings (SSSR count). The lowest BCUT2D eigenvalue weighted by atomic mass is 10.2. The Bertz CT molecular complexity index is 619. The largest absolute Gasteiger partial charge is 0.464 e. The highest BCUT2D eigenvalue weighted by atomic mass is 16.3. The summed E-state index contributed by atoms with van der Waals surface area (Å²) in [5.74, 6) is 1.60. The molecule has 0 aromatic carbocycles. The Labute approximate surface area is 125 Å². The average Bonchev–Trinajstić information content (AvgIpc) is 2.82. The van der Waals surface area contributed by atoms with Gasteiger partial charge in [0.2, 0.25) is 0 Å². The summed E-state index contributed by atoms with van der Waals surface area (Å²) in [6, 6.07) is 7.37. The summed E-state index contributed by atoms with van der Waals surface area (Å²) in [4.78, 5) is 20.4. The molecular formula is C16H21N3O2. The molecule has 0 spiro atoms. The highest BCUT2D eigenvalue weighted by molar-refractivity contribution is 5.94. The van der Waals surface area contributed by atoms with E-state index in [2.05, 4.69) is 4.98 Å². The maximum atomic E-state index is 12.4. The van der Waals surface area contributed by atoms with Gasteiger partial charge in [-0.15, -0.1) is 0 Å². The summed E-state index contributed by atoms with van der Waals surface area (Å²) in [6.45, 7) is 3.06. The predicted octanol–water partition coefficient (Wildman–Crippen LogP) is 2.32. The summed E-state index contributed by atoms with van der Waals surface area (Å²) in [6.07, 6.45) is 1.68.